The van der Waals surface area contributed by atoms with Crippen LogP contribution in [-0.4, -0.2) is 39.4 Å². The average Bonchev–Trinajstić information content (AvgIpc) is 3.64. The number of carbonyl (C=O) groups excluding carboxylic acids is 3. The molecule has 33 heavy (non-hydrogen) atoms. The van der Waals surface area contributed by atoms with Crippen molar-refractivity contribution in [2.75, 3.05) is 5.75 Å². The highest BCUT2D eigenvalue weighted by atomic mass is 32.2. The van der Waals surface area contributed by atoms with Crippen molar-refractivity contribution in [3.63, 3.8) is 0 Å². The molecule has 0 bridgehead atoms. The maximum absolute atomic E-state index is 12.7. The smallest absolute Gasteiger partial charge is 0.269 e. The van der Waals surface area contributed by atoms with E-state index < -0.39 is 16.7 Å². The van der Waals surface area contributed by atoms with E-state index in [1.165, 1.54) is 24.3 Å². The summed E-state index contributed by atoms with van der Waals surface area (Å²) in [5.41, 5.74) is 5.74. The van der Waals surface area contributed by atoms with Crippen LogP contribution in [0.5, 0.6) is 0 Å². The number of nitro groups is 1. The summed E-state index contributed by atoms with van der Waals surface area (Å²) in [6, 6.07) is 14.2. The quantitative estimate of drug-likeness (QED) is 0.276. The minimum absolute atomic E-state index is 0.0461. The molecule has 2 aromatic carbocycles. The van der Waals surface area contributed by atoms with Gasteiger partial charge in [-0.2, -0.15) is 0 Å². The molecular weight excluding hydrogens is 446 g/mol. The van der Waals surface area contributed by atoms with Crippen LogP contribution in [0, 0.1) is 10.1 Å². The van der Waals surface area contributed by atoms with Crippen molar-refractivity contribution >= 4 is 46.1 Å². The van der Waals surface area contributed by atoms with Crippen LogP contribution in [0.4, 0.5) is 5.69 Å². The first-order valence-electron chi connectivity index (χ1n) is 10.1. The molecule has 168 valence electrons. The first-order chi connectivity index (χ1) is 15.9. The zero-order valence-corrected chi connectivity index (χ0v) is 18.1. The molecule has 3 amide bonds. The molecule has 1 heterocycles. The van der Waals surface area contributed by atoms with Crippen LogP contribution in [0.1, 0.15) is 33.6 Å². The summed E-state index contributed by atoms with van der Waals surface area (Å²) < 4.78 is 0. The lowest BCUT2D eigenvalue weighted by molar-refractivity contribution is -0.384. The van der Waals surface area contributed by atoms with Gasteiger partial charge >= 0.3 is 0 Å². The van der Waals surface area contributed by atoms with Gasteiger partial charge in [-0.25, -0.2) is 4.98 Å². The van der Waals surface area contributed by atoms with Gasteiger partial charge < -0.3 is 5.32 Å². The first-order valence-corrected chi connectivity index (χ1v) is 11.1. The number of hydrogen-bond acceptors (Lipinski definition) is 7. The van der Waals surface area contributed by atoms with Crippen LogP contribution in [0.25, 0.3) is 10.9 Å². The van der Waals surface area contributed by atoms with Gasteiger partial charge in [-0.1, -0.05) is 30.0 Å². The molecule has 0 aliphatic heterocycles. The zero-order valence-electron chi connectivity index (χ0n) is 17.2. The molecule has 11 heteroatoms. The van der Waals surface area contributed by atoms with Crippen molar-refractivity contribution in [3.05, 3.63) is 75.8 Å². The summed E-state index contributed by atoms with van der Waals surface area (Å²) in [5, 5.41) is 14.9. The highest BCUT2D eigenvalue weighted by molar-refractivity contribution is 7.99. The molecule has 0 saturated heterocycles. The molecule has 0 spiro atoms. The lowest BCUT2D eigenvalue weighted by Crippen LogP contribution is -2.42. The average molecular weight is 465 g/mol. The van der Waals surface area contributed by atoms with Crippen LogP contribution in [0.2, 0.25) is 0 Å². The second-order valence-electron chi connectivity index (χ2n) is 7.37. The Morgan fingerprint density at radius 1 is 1.03 bits per heavy atom. The third kappa shape index (κ3) is 5.63. The van der Waals surface area contributed by atoms with E-state index in [0.29, 0.717) is 16.1 Å². The number of hydrogen-bond donors (Lipinski definition) is 3. The molecule has 3 aromatic rings. The van der Waals surface area contributed by atoms with Crippen molar-refractivity contribution < 1.29 is 19.3 Å². The van der Waals surface area contributed by atoms with Crippen LogP contribution >= 0.6 is 11.8 Å². The lowest BCUT2D eigenvalue weighted by Gasteiger charge is -2.10. The fourth-order valence-electron chi connectivity index (χ4n) is 3.01. The third-order valence-corrected chi connectivity index (χ3v) is 5.77. The number of nitrogens with one attached hydrogen (secondary N) is 3. The van der Waals surface area contributed by atoms with Crippen LogP contribution < -0.4 is 16.2 Å². The Morgan fingerprint density at radius 3 is 2.45 bits per heavy atom. The fraction of sp³-hybridized carbons (Fsp3) is 0.182. The summed E-state index contributed by atoms with van der Waals surface area (Å²) >= 11 is 1.13. The Morgan fingerprint density at radius 2 is 1.76 bits per heavy atom. The summed E-state index contributed by atoms with van der Waals surface area (Å²) in [7, 11) is 0. The number of aromatic nitrogens is 1. The fourth-order valence-corrected chi connectivity index (χ4v) is 3.73. The Kier molecular flexibility index (Phi) is 6.50. The molecule has 0 radical (unpaired) electrons. The molecule has 10 nitrogen and oxygen atoms in total. The molecule has 1 aromatic heterocycles. The second-order valence-corrected chi connectivity index (χ2v) is 8.36. The number of carbonyl (C=O) groups is 3. The number of fused-ring (bicyclic) bond motifs is 1. The monoisotopic (exact) mass is 465 g/mol. The predicted octanol–water partition coefficient (Wildman–Crippen LogP) is 2.59. The summed E-state index contributed by atoms with van der Waals surface area (Å²) in [6.07, 6.45) is 1.95. The van der Waals surface area contributed by atoms with Crippen molar-refractivity contribution in [2.45, 2.75) is 23.9 Å². The number of thioether (sulfide) groups is 1. The number of nitro benzene ring substituents is 1. The number of nitrogens with zero attached hydrogens (tertiary/aromatic N) is 2. The number of para-hydroxylation sites is 1. The van der Waals surface area contributed by atoms with E-state index in [0.717, 1.165) is 30.0 Å². The van der Waals surface area contributed by atoms with Gasteiger partial charge in [-0.3, -0.25) is 35.3 Å². The van der Waals surface area contributed by atoms with Gasteiger partial charge in [0.25, 0.3) is 17.5 Å². The molecule has 1 saturated carbocycles. The maximum Gasteiger partial charge on any atom is 0.269 e. The van der Waals surface area contributed by atoms with Gasteiger partial charge in [0.05, 0.1) is 26.8 Å². The van der Waals surface area contributed by atoms with E-state index in [1.54, 1.807) is 12.1 Å². The Bertz CT molecular complexity index is 1240. The van der Waals surface area contributed by atoms with Gasteiger partial charge in [0.15, 0.2) is 0 Å². The van der Waals surface area contributed by atoms with E-state index in [2.05, 4.69) is 21.2 Å². The van der Waals surface area contributed by atoms with Gasteiger partial charge in [-0.15, -0.1) is 0 Å². The van der Waals surface area contributed by atoms with E-state index in [1.807, 2.05) is 18.2 Å². The summed E-state index contributed by atoms with van der Waals surface area (Å²) in [4.78, 5) is 51.6. The standard InChI is InChI=1S/C22H19N5O5S/c28-19(25-26-21(29)13-5-9-15(10-6-13)27(31)32)12-33-20-11-17(22(30)23-14-7-8-14)16-3-1-2-4-18(16)24-20/h1-6,9-11,14H,7-8,12H2,(H,23,30)(H,25,28)(H,26,29). The van der Waals surface area contributed by atoms with Crippen molar-refractivity contribution in [1.82, 2.24) is 21.2 Å². The summed E-state index contributed by atoms with van der Waals surface area (Å²) in [5.74, 6) is -1.30. The van der Waals surface area contributed by atoms with Gasteiger partial charge in [0, 0.05) is 29.1 Å². The van der Waals surface area contributed by atoms with Gasteiger partial charge in [0.2, 0.25) is 5.91 Å². The molecule has 4 rings (SSSR count). The van der Waals surface area contributed by atoms with Crippen molar-refractivity contribution in [3.8, 4) is 0 Å². The largest absolute Gasteiger partial charge is 0.349 e. The van der Waals surface area contributed by atoms with Crippen LogP contribution in [0.3, 0.4) is 0 Å². The van der Waals surface area contributed by atoms with E-state index in [9.17, 15) is 24.5 Å². The maximum atomic E-state index is 12.7. The van der Waals surface area contributed by atoms with Gasteiger partial charge in [0.1, 0.15) is 0 Å². The molecule has 1 aliphatic rings. The number of pyridine rings is 1. The van der Waals surface area contributed by atoms with E-state index >= 15 is 0 Å². The number of benzene rings is 2. The minimum atomic E-state index is -0.605. The molecule has 1 fully saturated rings. The number of amides is 3. The molecular formula is C22H19N5O5S. The second kappa shape index (κ2) is 9.65. The third-order valence-electron chi connectivity index (χ3n) is 4.86. The lowest BCUT2D eigenvalue weighted by atomic mass is 10.1. The predicted molar refractivity (Wildman–Crippen MR) is 122 cm³/mol. The SMILES string of the molecule is O=C(CSc1cc(C(=O)NC2CC2)c2ccccc2n1)NNC(=O)c1ccc([N+](=O)[O-])cc1. The summed E-state index contributed by atoms with van der Waals surface area (Å²) in [6.45, 7) is 0. The van der Waals surface area contributed by atoms with Crippen LogP contribution in [0.15, 0.2) is 59.6 Å². The zero-order chi connectivity index (χ0) is 23.4. The van der Waals surface area contributed by atoms with Crippen molar-refractivity contribution in [1.29, 1.82) is 0 Å². The van der Waals surface area contributed by atoms with Crippen molar-refractivity contribution in [2.24, 2.45) is 0 Å². The topological polar surface area (TPSA) is 143 Å². The normalized spacial score (nSPS) is 12.7. The number of rotatable bonds is 7. The van der Waals surface area contributed by atoms with E-state index in [4.69, 9.17) is 0 Å². The highest BCUT2D eigenvalue weighted by Crippen LogP contribution is 2.26. The number of hydrazine groups is 1. The molecule has 1 aliphatic carbocycles. The first kappa shape index (κ1) is 22.2. The molecule has 3 N–H and O–H groups in total. The highest BCUT2D eigenvalue weighted by Gasteiger charge is 2.25. The Hall–Kier alpha value is -3.99. The van der Waals surface area contributed by atoms with Gasteiger partial charge in [-0.05, 0) is 37.1 Å². The van der Waals surface area contributed by atoms with E-state index in [-0.39, 0.29) is 29.0 Å². The van der Waals surface area contributed by atoms with Crippen LogP contribution in [-0.2, 0) is 4.79 Å². The molecule has 0 unspecified atom stereocenters. The molecule has 0 atom stereocenters. The number of non-ortho nitro benzene ring substituents is 1. The minimum Gasteiger partial charge on any atom is -0.349 e. The Balaban J connectivity index is 1.36. The Labute approximate surface area is 192 Å².